The number of sulfone groups is 1. The van der Waals surface area contributed by atoms with Gasteiger partial charge in [0.05, 0.1) is 11.3 Å². The number of carbonyl (C=O) groups is 1. The summed E-state index contributed by atoms with van der Waals surface area (Å²) in [6.07, 6.45) is 2.69. The number of anilines is 1. The Labute approximate surface area is 119 Å². The molecule has 1 heterocycles. The lowest BCUT2D eigenvalue weighted by Gasteiger charge is -2.14. The standard InChI is InChI=1S/C13H20N2O4S/c1-4-5-11-6-10(13(16)17)7-12(15-11)14-9(2)8-20(3,18)19/h6-7,9H,4-5,8H2,1-3H3,(H,14,15)(H,16,17). The molecule has 6 nitrogen and oxygen atoms in total. The van der Waals surface area contributed by atoms with Crippen LogP contribution >= 0.6 is 0 Å². The minimum absolute atomic E-state index is 0.0326. The Bertz CT molecular complexity index is 584. The number of carboxylic acid groups (broad SMARTS) is 1. The molecule has 7 heteroatoms. The zero-order valence-electron chi connectivity index (χ0n) is 11.9. The molecule has 0 fully saturated rings. The van der Waals surface area contributed by atoms with Crippen LogP contribution in [0.1, 0.15) is 36.3 Å². The first kappa shape index (κ1) is 16.4. The second-order valence-electron chi connectivity index (χ2n) is 4.93. The number of nitrogens with zero attached hydrogens (tertiary/aromatic N) is 1. The van der Waals surface area contributed by atoms with Gasteiger partial charge in [-0.05, 0) is 25.5 Å². The lowest BCUT2D eigenvalue weighted by atomic mass is 10.1. The fourth-order valence-electron chi connectivity index (χ4n) is 1.92. The third kappa shape index (κ3) is 5.56. The highest BCUT2D eigenvalue weighted by Gasteiger charge is 2.13. The predicted molar refractivity (Wildman–Crippen MR) is 78.0 cm³/mol. The highest BCUT2D eigenvalue weighted by molar-refractivity contribution is 7.90. The molecule has 1 unspecified atom stereocenters. The normalized spacial score (nSPS) is 12.9. The molecule has 0 amide bonds. The van der Waals surface area contributed by atoms with Crippen LogP contribution in [0, 0.1) is 0 Å². The van der Waals surface area contributed by atoms with Crippen LogP contribution in [-0.2, 0) is 16.3 Å². The van der Waals surface area contributed by atoms with Gasteiger partial charge in [-0.1, -0.05) is 13.3 Å². The number of nitrogens with one attached hydrogen (secondary N) is 1. The van der Waals surface area contributed by atoms with Crippen LogP contribution < -0.4 is 5.32 Å². The van der Waals surface area contributed by atoms with Gasteiger partial charge in [-0.3, -0.25) is 0 Å². The van der Waals surface area contributed by atoms with Crippen molar-refractivity contribution in [1.82, 2.24) is 4.98 Å². The van der Waals surface area contributed by atoms with E-state index >= 15 is 0 Å². The van der Waals surface area contributed by atoms with Crippen molar-refractivity contribution in [3.05, 3.63) is 23.4 Å². The minimum Gasteiger partial charge on any atom is -0.478 e. The number of pyridine rings is 1. The number of rotatable bonds is 7. The van der Waals surface area contributed by atoms with E-state index < -0.39 is 15.8 Å². The maximum atomic E-state index is 11.2. The Kier molecular flexibility index (Phi) is 5.50. The molecule has 0 saturated carbocycles. The average molecular weight is 300 g/mol. The summed E-state index contributed by atoms with van der Waals surface area (Å²) in [6.45, 7) is 3.70. The Morgan fingerprint density at radius 2 is 2.10 bits per heavy atom. The van der Waals surface area contributed by atoms with Crippen molar-refractivity contribution in [2.45, 2.75) is 32.7 Å². The van der Waals surface area contributed by atoms with E-state index in [1.54, 1.807) is 6.92 Å². The van der Waals surface area contributed by atoms with Gasteiger partial charge in [0.15, 0.2) is 0 Å². The maximum Gasteiger partial charge on any atom is 0.335 e. The molecule has 2 N–H and O–H groups in total. The van der Waals surface area contributed by atoms with E-state index in [4.69, 9.17) is 5.11 Å². The lowest BCUT2D eigenvalue weighted by molar-refractivity contribution is 0.0696. The van der Waals surface area contributed by atoms with Gasteiger partial charge in [0.2, 0.25) is 0 Å². The average Bonchev–Trinajstić information content (AvgIpc) is 2.26. The van der Waals surface area contributed by atoms with Gasteiger partial charge in [0.1, 0.15) is 15.7 Å². The molecule has 1 atom stereocenters. The van der Waals surface area contributed by atoms with Gasteiger partial charge in [-0.25, -0.2) is 18.2 Å². The van der Waals surface area contributed by atoms with Gasteiger partial charge in [0.25, 0.3) is 0 Å². The van der Waals surface area contributed by atoms with Crippen LogP contribution in [0.3, 0.4) is 0 Å². The van der Waals surface area contributed by atoms with Crippen LogP contribution in [0.5, 0.6) is 0 Å². The highest BCUT2D eigenvalue weighted by atomic mass is 32.2. The molecule has 112 valence electrons. The van der Waals surface area contributed by atoms with E-state index in [1.165, 1.54) is 12.1 Å². The Balaban J connectivity index is 2.96. The number of aromatic nitrogens is 1. The predicted octanol–water partition coefficient (Wildman–Crippen LogP) is 1.58. The van der Waals surface area contributed by atoms with Crippen molar-refractivity contribution in [1.29, 1.82) is 0 Å². The molecular formula is C13H20N2O4S. The van der Waals surface area contributed by atoms with Crippen molar-refractivity contribution in [3.63, 3.8) is 0 Å². The lowest BCUT2D eigenvalue weighted by Crippen LogP contribution is -2.25. The van der Waals surface area contributed by atoms with Crippen LogP contribution in [0.4, 0.5) is 5.82 Å². The fourth-order valence-corrected chi connectivity index (χ4v) is 2.91. The molecule has 0 aliphatic carbocycles. The molecule has 1 rings (SSSR count). The van der Waals surface area contributed by atoms with Crippen LogP contribution in [-0.4, -0.2) is 42.5 Å². The molecule has 0 bridgehead atoms. The van der Waals surface area contributed by atoms with Crippen molar-refractivity contribution in [2.24, 2.45) is 0 Å². The molecule has 0 aliphatic rings. The second-order valence-corrected chi connectivity index (χ2v) is 7.11. The zero-order valence-corrected chi connectivity index (χ0v) is 12.7. The summed E-state index contributed by atoms with van der Waals surface area (Å²) in [5, 5.41) is 12.0. The second kappa shape index (κ2) is 6.69. The first-order chi connectivity index (χ1) is 9.21. The SMILES string of the molecule is CCCc1cc(C(=O)O)cc(NC(C)CS(C)(=O)=O)n1. The van der Waals surface area contributed by atoms with E-state index in [0.717, 1.165) is 12.7 Å². The third-order valence-electron chi connectivity index (χ3n) is 2.58. The topological polar surface area (TPSA) is 96.4 Å². The summed E-state index contributed by atoms with van der Waals surface area (Å²) >= 11 is 0. The Morgan fingerprint density at radius 3 is 2.60 bits per heavy atom. The van der Waals surface area contributed by atoms with Crippen LogP contribution in [0.25, 0.3) is 0 Å². The molecule has 0 saturated heterocycles. The fraction of sp³-hybridized carbons (Fsp3) is 0.538. The minimum atomic E-state index is -3.10. The molecule has 20 heavy (non-hydrogen) atoms. The summed E-state index contributed by atoms with van der Waals surface area (Å²) in [4.78, 5) is 15.4. The Hall–Kier alpha value is -1.63. The van der Waals surface area contributed by atoms with Gasteiger partial charge >= 0.3 is 5.97 Å². The molecule has 0 spiro atoms. The van der Waals surface area contributed by atoms with Crippen LogP contribution in [0.2, 0.25) is 0 Å². The number of carboxylic acids is 1. The largest absolute Gasteiger partial charge is 0.478 e. The summed E-state index contributed by atoms with van der Waals surface area (Å²) in [5.74, 6) is -0.664. The number of hydrogen-bond donors (Lipinski definition) is 2. The van der Waals surface area contributed by atoms with E-state index in [2.05, 4.69) is 10.3 Å². The smallest absolute Gasteiger partial charge is 0.335 e. The monoisotopic (exact) mass is 300 g/mol. The van der Waals surface area contributed by atoms with Gasteiger partial charge in [0, 0.05) is 18.0 Å². The summed E-state index contributed by atoms with van der Waals surface area (Å²) in [5.41, 5.74) is 0.832. The van der Waals surface area contributed by atoms with Crippen LogP contribution in [0.15, 0.2) is 12.1 Å². The molecule has 0 radical (unpaired) electrons. The molecule has 0 aliphatic heterocycles. The number of aromatic carboxylic acids is 1. The maximum absolute atomic E-state index is 11.2. The first-order valence-electron chi connectivity index (χ1n) is 6.39. The van der Waals surface area contributed by atoms with E-state index in [9.17, 15) is 13.2 Å². The van der Waals surface area contributed by atoms with E-state index in [1.807, 2.05) is 6.92 Å². The summed E-state index contributed by atoms with van der Waals surface area (Å²) in [7, 11) is -3.10. The molecular weight excluding hydrogens is 280 g/mol. The van der Waals surface area contributed by atoms with Gasteiger partial charge in [-0.2, -0.15) is 0 Å². The van der Waals surface area contributed by atoms with Crippen molar-refractivity contribution in [2.75, 3.05) is 17.3 Å². The molecule has 0 aromatic carbocycles. The zero-order chi connectivity index (χ0) is 15.3. The summed E-state index contributed by atoms with van der Waals surface area (Å²) < 4.78 is 22.4. The Morgan fingerprint density at radius 1 is 1.45 bits per heavy atom. The molecule has 1 aromatic rings. The third-order valence-corrected chi connectivity index (χ3v) is 3.68. The molecule has 1 aromatic heterocycles. The summed E-state index contributed by atoms with van der Waals surface area (Å²) in [6, 6.07) is 2.62. The number of hydrogen-bond acceptors (Lipinski definition) is 5. The van der Waals surface area contributed by atoms with Gasteiger partial charge < -0.3 is 10.4 Å². The van der Waals surface area contributed by atoms with E-state index in [0.29, 0.717) is 17.9 Å². The van der Waals surface area contributed by atoms with Crippen molar-refractivity contribution < 1.29 is 18.3 Å². The highest BCUT2D eigenvalue weighted by Crippen LogP contribution is 2.13. The quantitative estimate of drug-likeness (QED) is 0.793. The number of aryl methyl sites for hydroxylation is 1. The van der Waals surface area contributed by atoms with Crippen molar-refractivity contribution in [3.8, 4) is 0 Å². The van der Waals surface area contributed by atoms with Gasteiger partial charge in [-0.15, -0.1) is 0 Å². The van der Waals surface area contributed by atoms with Crippen molar-refractivity contribution >= 4 is 21.6 Å². The van der Waals surface area contributed by atoms with E-state index in [-0.39, 0.29) is 17.4 Å². The first-order valence-corrected chi connectivity index (χ1v) is 8.46.